The summed E-state index contributed by atoms with van der Waals surface area (Å²) >= 11 is 4.89. The van der Waals surface area contributed by atoms with Crippen LogP contribution in [-0.4, -0.2) is 22.6 Å². The van der Waals surface area contributed by atoms with Crippen molar-refractivity contribution < 1.29 is 9.21 Å². The SMILES string of the molecule is CCNC1C(=O)Nc2cc(Sc3nnc(C)o3)c(Br)cc21. The number of aromatic nitrogens is 2. The molecule has 1 aromatic carbocycles. The third-order valence-electron chi connectivity index (χ3n) is 3.05. The van der Waals surface area contributed by atoms with Crippen LogP contribution in [0.2, 0.25) is 0 Å². The van der Waals surface area contributed by atoms with Crippen LogP contribution in [0.25, 0.3) is 0 Å². The van der Waals surface area contributed by atoms with Gasteiger partial charge in [-0.15, -0.1) is 10.2 Å². The fourth-order valence-electron chi connectivity index (χ4n) is 2.16. The Labute approximate surface area is 134 Å². The largest absolute Gasteiger partial charge is 0.416 e. The van der Waals surface area contributed by atoms with Gasteiger partial charge < -0.3 is 15.1 Å². The summed E-state index contributed by atoms with van der Waals surface area (Å²) < 4.78 is 6.25. The molecule has 1 atom stereocenters. The Bertz CT molecular complexity index is 703. The molecule has 1 amide bonds. The Balaban J connectivity index is 1.92. The van der Waals surface area contributed by atoms with Crippen molar-refractivity contribution in [2.24, 2.45) is 0 Å². The summed E-state index contributed by atoms with van der Waals surface area (Å²) in [6, 6.07) is 3.57. The van der Waals surface area contributed by atoms with Crippen LogP contribution in [0.3, 0.4) is 0 Å². The van der Waals surface area contributed by atoms with E-state index in [9.17, 15) is 4.79 Å². The second-order valence-electron chi connectivity index (χ2n) is 4.54. The number of likely N-dealkylation sites (N-methyl/N-ethyl adjacent to an activating group) is 1. The first-order valence-electron chi connectivity index (χ1n) is 6.44. The van der Waals surface area contributed by atoms with Gasteiger partial charge in [-0.05, 0) is 46.4 Å². The Hall–Kier alpha value is -1.38. The van der Waals surface area contributed by atoms with Crippen LogP contribution in [0.5, 0.6) is 0 Å². The lowest BCUT2D eigenvalue weighted by Crippen LogP contribution is -2.27. The van der Waals surface area contributed by atoms with E-state index in [4.69, 9.17) is 4.42 Å². The van der Waals surface area contributed by atoms with Gasteiger partial charge in [-0.2, -0.15) is 0 Å². The number of nitrogens with zero attached hydrogens (tertiary/aromatic N) is 2. The highest BCUT2D eigenvalue weighted by Crippen LogP contribution is 2.40. The van der Waals surface area contributed by atoms with Crippen LogP contribution in [0.1, 0.15) is 24.4 Å². The smallest absolute Gasteiger partial charge is 0.281 e. The molecule has 0 bridgehead atoms. The monoisotopic (exact) mass is 368 g/mol. The van der Waals surface area contributed by atoms with Gasteiger partial charge in [-0.25, -0.2) is 0 Å². The van der Waals surface area contributed by atoms with Gasteiger partial charge in [-0.1, -0.05) is 6.92 Å². The van der Waals surface area contributed by atoms with Crippen molar-refractivity contribution in [3.8, 4) is 0 Å². The number of hydrogen-bond acceptors (Lipinski definition) is 6. The molecule has 1 aromatic heterocycles. The minimum absolute atomic E-state index is 0.0328. The Kier molecular flexibility index (Phi) is 4.01. The summed E-state index contributed by atoms with van der Waals surface area (Å²) in [6.45, 7) is 4.45. The topological polar surface area (TPSA) is 80.0 Å². The van der Waals surface area contributed by atoms with E-state index < -0.39 is 0 Å². The maximum atomic E-state index is 12.0. The first-order valence-corrected chi connectivity index (χ1v) is 8.05. The summed E-state index contributed by atoms with van der Waals surface area (Å²) in [7, 11) is 0. The van der Waals surface area contributed by atoms with Gasteiger partial charge in [0.1, 0.15) is 6.04 Å². The number of anilines is 1. The zero-order valence-electron chi connectivity index (χ0n) is 11.4. The quantitative estimate of drug-likeness (QED) is 0.863. The van der Waals surface area contributed by atoms with Crippen LogP contribution in [0, 0.1) is 6.92 Å². The van der Waals surface area contributed by atoms with E-state index in [1.807, 2.05) is 19.1 Å². The van der Waals surface area contributed by atoms with Crippen molar-refractivity contribution in [3.05, 3.63) is 28.1 Å². The van der Waals surface area contributed by atoms with E-state index in [0.29, 0.717) is 11.1 Å². The third-order valence-corrected chi connectivity index (χ3v) is 4.86. The maximum Gasteiger partial charge on any atom is 0.281 e. The average Bonchev–Trinajstić information content (AvgIpc) is 2.96. The molecule has 2 aromatic rings. The first-order chi connectivity index (χ1) is 10.1. The lowest BCUT2D eigenvalue weighted by Gasteiger charge is -2.10. The molecule has 0 spiro atoms. The molecule has 0 aliphatic carbocycles. The Morgan fingerprint density at radius 2 is 2.29 bits per heavy atom. The minimum Gasteiger partial charge on any atom is -0.416 e. The van der Waals surface area contributed by atoms with E-state index in [2.05, 4.69) is 36.8 Å². The van der Waals surface area contributed by atoms with Gasteiger partial charge in [0.15, 0.2) is 0 Å². The molecule has 1 aliphatic heterocycles. The number of halogens is 1. The molecule has 21 heavy (non-hydrogen) atoms. The van der Waals surface area contributed by atoms with Crippen molar-refractivity contribution in [3.63, 3.8) is 0 Å². The Morgan fingerprint density at radius 3 is 2.95 bits per heavy atom. The lowest BCUT2D eigenvalue weighted by molar-refractivity contribution is -0.117. The van der Waals surface area contributed by atoms with Gasteiger partial charge in [-0.3, -0.25) is 4.79 Å². The standard InChI is InChI=1S/C13H13BrN4O2S/c1-3-15-11-7-4-8(14)10(5-9(7)16-12(11)19)21-13-18-17-6(2)20-13/h4-5,11,15H,3H2,1-2H3,(H,16,19). The predicted octanol–water partition coefficient (Wildman–Crippen LogP) is 2.89. The van der Waals surface area contributed by atoms with Crippen molar-refractivity contribution in [2.45, 2.75) is 30.0 Å². The van der Waals surface area contributed by atoms with E-state index in [1.165, 1.54) is 11.8 Å². The number of amides is 1. The zero-order chi connectivity index (χ0) is 15.0. The van der Waals surface area contributed by atoms with Crippen molar-refractivity contribution in [1.82, 2.24) is 15.5 Å². The molecule has 0 saturated heterocycles. The number of benzene rings is 1. The van der Waals surface area contributed by atoms with Gasteiger partial charge >= 0.3 is 0 Å². The second-order valence-corrected chi connectivity index (χ2v) is 6.39. The summed E-state index contributed by atoms with van der Waals surface area (Å²) in [6.07, 6.45) is 0. The number of rotatable bonds is 4. The third kappa shape index (κ3) is 2.83. The number of carbonyl (C=O) groups excluding carboxylic acids is 1. The summed E-state index contributed by atoms with van der Waals surface area (Å²) in [4.78, 5) is 12.9. The predicted molar refractivity (Wildman–Crippen MR) is 82.3 cm³/mol. The van der Waals surface area contributed by atoms with Gasteiger partial charge in [0.05, 0.1) is 0 Å². The first kappa shape index (κ1) is 14.6. The van der Waals surface area contributed by atoms with Crippen LogP contribution in [0.4, 0.5) is 5.69 Å². The Morgan fingerprint density at radius 1 is 1.48 bits per heavy atom. The van der Waals surface area contributed by atoms with Crippen LogP contribution in [0.15, 0.2) is 31.1 Å². The molecule has 3 rings (SSSR count). The van der Waals surface area contributed by atoms with E-state index in [1.54, 1.807) is 6.92 Å². The summed E-state index contributed by atoms with van der Waals surface area (Å²) in [5.74, 6) is 0.491. The fraction of sp³-hybridized carbons (Fsp3) is 0.308. The van der Waals surface area contributed by atoms with E-state index >= 15 is 0 Å². The molecule has 6 nitrogen and oxygen atoms in total. The zero-order valence-corrected chi connectivity index (χ0v) is 13.8. The molecule has 0 saturated carbocycles. The number of nitrogens with one attached hydrogen (secondary N) is 2. The van der Waals surface area contributed by atoms with Crippen LogP contribution >= 0.6 is 27.7 Å². The molecule has 0 fully saturated rings. The van der Waals surface area contributed by atoms with E-state index in [0.717, 1.165) is 27.2 Å². The molecular formula is C13H13BrN4O2S. The second kappa shape index (κ2) is 5.78. The maximum absolute atomic E-state index is 12.0. The molecule has 8 heteroatoms. The highest BCUT2D eigenvalue weighted by atomic mass is 79.9. The molecule has 1 aliphatic rings. The highest BCUT2D eigenvalue weighted by molar-refractivity contribution is 9.10. The van der Waals surface area contributed by atoms with Crippen molar-refractivity contribution >= 4 is 39.3 Å². The number of fused-ring (bicyclic) bond motifs is 1. The van der Waals surface area contributed by atoms with Crippen molar-refractivity contribution in [1.29, 1.82) is 0 Å². The number of hydrogen-bond donors (Lipinski definition) is 2. The van der Waals surface area contributed by atoms with Gasteiger partial charge in [0.25, 0.3) is 5.22 Å². The normalized spacial score (nSPS) is 16.9. The summed E-state index contributed by atoms with van der Waals surface area (Å²) in [5, 5.41) is 14.3. The number of carbonyl (C=O) groups is 1. The van der Waals surface area contributed by atoms with Crippen LogP contribution < -0.4 is 10.6 Å². The van der Waals surface area contributed by atoms with E-state index in [-0.39, 0.29) is 11.9 Å². The molecule has 2 N–H and O–H groups in total. The van der Waals surface area contributed by atoms with Gasteiger partial charge in [0, 0.05) is 27.5 Å². The molecule has 2 heterocycles. The molecular weight excluding hydrogens is 356 g/mol. The highest BCUT2D eigenvalue weighted by Gasteiger charge is 2.30. The average molecular weight is 369 g/mol. The minimum atomic E-state index is -0.300. The van der Waals surface area contributed by atoms with Crippen LogP contribution in [-0.2, 0) is 4.79 Å². The number of aryl methyl sites for hydroxylation is 1. The molecule has 110 valence electrons. The summed E-state index contributed by atoms with van der Waals surface area (Å²) in [5.41, 5.74) is 1.76. The lowest BCUT2D eigenvalue weighted by atomic mass is 10.1. The fourth-order valence-corrected chi connectivity index (χ4v) is 3.53. The molecule has 1 unspecified atom stereocenters. The molecule has 0 radical (unpaired) electrons. The van der Waals surface area contributed by atoms with Gasteiger partial charge in [0.2, 0.25) is 11.8 Å². The van der Waals surface area contributed by atoms with Crippen molar-refractivity contribution in [2.75, 3.05) is 11.9 Å².